The van der Waals surface area contributed by atoms with Crippen molar-refractivity contribution in [3.8, 4) is 0 Å². The van der Waals surface area contributed by atoms with Crippen molar-refractivity contribution in [2.75, 3.05) is 6.54 Å². The predicted octanol–water partition coefficient (Wildman–Crippen LogP) is 2.32. The number of benzene rings is 1. The molecule has 0 spiro atoms. The molecule has 19 heavy (non-hydrogen) atoms. The van der Waals surface area contributed by atoms with Gasteiger partial charge in [-0.15, -0.1) is 0 Å². The highest BCUT2D eigenvalue weighted by molar-refractivity contribution is 5.21. The van der Waals surface area contributed by atoms with E-state index < -0.39 is 0 Å². The second-order valence-corrected chi connectivity index (χ2v) is 4.89. The van der Waals surface area contributed by atoms with Crippen LogP contribution in [0.2, 0.25) is 0 Å². The molecule has 2 atom stereocenters. The molecular weight excluding hydrogens is 247 g/mol. The molecule has 0 unspecified atom stereocenters. The molecule has 0 bridgehead atoms. The summed E-state index contributed by atoms with van der Waals surface area (Å²) in [7, 11) is 0. The Labute approximate surface area is 109 Å². The third-order valence-corrected chi connectivity index (χ3v) is 3.62. The highest BCUT2D eigenvalue weighted by atomic mass is 19.1. The van der Waals surface area contributed by atoms with Gasteiger partial charge in [0.05, 0.1) is 0 Å². The molecule has 1 aromatic carbocycles. The predicted molar refractivity (Wildman–Crippen MR) is 68.4 cm³/mol. The molecular formula is C14H15FN2O2. The Bertz CT molecular complexity index is 602. The lowest BCUT2D eigenvalue weighted by atomic mass is 9.87. The van der Waals surface area contributed by atoms with Crippen LogP contribution in [0.25, 0.3) is 0 Å². The maximum absolute atomic E-state index is 12.9. The maximum Gasteiger partial charge on any atom is 0.280 e. The van der Waals surface area contributed by atoms with E-state index in [4.69, 9.17) is 4.52 Å². The number of piperidine rings is 1. The molecule has 2 N–H and O–H groups in total. The lowest BCUT2D eigenvalue weighted by molar-refractivity contribution is 0.295. The zero-order valence-corrected chi connectivity index (χ0v) is 10.4. The van der Waals surface area contributed by atoms with Crippen molar-refractivity contribution in [2.24, 2.45) is 0 Å². The van der Waals surface area contributed by atoms with Crippen LogP contribution >= 0.6 is 0 Å². The number of nitrogens with one attached hydrogen (secondary N) is 2. The van der Waals surface area contributed by atoms with Crippen LogP contribution in [0.1, 0.15) is 36.1 Å². The van der Waals surface area contributed by atoms with Gasteiger partial charge in [-0.25, -0.2) is 4.39 Å². The van der Waals surface area contributed by atoms with Crippen LogP contribution in [-0.2, 0) is 0 Å². The molecule has 2 heterocycles. The second kappa shape index (κ2) is 5.01. The van der Waals surface area contributed by atoms with E-state index in [1.165, 1.54) is 18.2 Å². The van der Waals surface area contributed by atoms with Crippen LogP contribution < -0.4 is 10.9 Å². The second-order valence-electron chi connectivity index (χ2n) is 4.89. The molecule has 3 rings (SSSR count). The maximum atomic E-state index is 12.9. The first-order valence-corrected chi connectivity index (χ1v) is 6.39. The van der Waals surface area contributed by atoms with Gasteiger partial charge in [-0.1, -0.05) is 12.1 Å². The number of hydrogen-bond donors (Lipinski definition) is 2. The number of hydrogen-bond acceptors (Lipinski definition) is 3. The normalized spacial score (nSPS) is 23.4. The Balaban J connectivity index is 1.78. The SMILES string of the molecule is O=c1cc([C@H]2CCN[C@H](c3ccc(F)cc3)C2)o[nH]1. The van der Waals surface area contributed by atoms with Crippen LogP contribution in [0.3, 0.4) is 0 Å². The standard InChI is InChI=1S/C14H15FN2O2/c15-11-3-1-9(2-4-11)12-7-10(5-6-16-12)13-8-14(18)17-19-13/h1-4,8,10,12,16H,5-7H2,(H,17,18)/t10-,12-/m0/s1. The van der Waals surface area contributed by atoms with E-state index in [0.717, 1.165) is 24.9 Å². The molecule has 2 aromatic rings. The Morgan fingerprint density at radius 3 is 2.74 bits per heavy atom. The number of H-pyrrole nitrogens is 1. The van der Waals surface area contributed by atoms with Crippen molar-refractivity contribution in [3.05, 3.63) is 57.8 Å². The van der Waals surface area contributed by atoms with Crippen molar-refractivity contribution < 1.29 is 8.91 Å². The third kappa shape index (κ3) is 2.61. The van der Waals surface area contributed by atoms with E-state index in [1.54, 1.807) is 12.1 Å². The van der Waals surface area contributed by atoms with Gasteiger partial charge in [-0.05, 0) is 37.1 Å². The Hall–Kier alpha value is -1.88. The number of halogens is 1. The van der Waals surface area contributed by atoms with Gasteiger partial charge in [0.15, 0.2) is 0 Å². The molecule has 0 saturated carbocycles. The van der Waals surface area contributed by atoms with Gasteiger partial charge in [0.2, 0.25) is 0 Å². The van der Waals surface area contributed by atoms with Crippen LogP contribution in [0.15, 0.2) is 39.6 Å². The summed E-state index contributed by atoms with van der Waals surface area (Å²) in [5, 5.41) is 5.74. The van der Waals surface area contributed by atoms with Gasteiger partial charge in [-0.3, -0.25) is 4.79 Å². The number of rotatable bonds is 2. The van der Waals surface area contributed by atoms with Gasteiger partial charge in [0.1, 0.15) is 11.6 Å². The smallest absolute Gasteiger partial charge is 0.280 e. The molecule has 1 aromatic heterocycles. The minimum absolute atomic E-state index is 0.166. The highest BCUT2D eigenvalue weighted by Crippen LogP contribution is 2.33. The molecule has 5 heteroatoms. The summed E-state index contributed by atoms with van der Waals surface area (Å²) in [6.07, 6.45) is 1.77. The number of aromatic amines is 1. The van der Waals surface area contributed by atoms with Crippen LogP contribution in [-0.4, -0.2) is 11.7 Å². The quantitative estimate of drug-likeness (QED) is 0.873. The molecule has 100 valence electrons. The molecule has 0 aliphatic carbocycles. The third-order valence-electron chi connectivity index (χ3n) is 3.62. The first kappa shape index (κ1) is 12.2. The topological polar surface area (TPSA) is 58.0 Å². The van der Waals surface area contributed by atoms with E-state index >= 15 is 0 Å². The average Bonchev–Trinajstić information content (AvgIpc) is 2.86. The van der Waals surface area contributed by atoms with E-state index in [0.29, 0.717) is 5.76 Å². The molecule has 1 saturated heterocycles. The molecule has 1 aliphatic rings. The van der Waals surface area contributed by atoms with Gasteiger partial charge in [-0.2, -0.15) is 5.16 Å². The zero-order chi connectivity index (χ0) is 13.2. The minimum atomic E-state index is -0.229. The summed E-state index contributed by atoms with van der Waals surface area (Å²) in [5.41, 5.74) is 0.857. The van der Waals surface area contributed by atoms with Crippen LogP contribution in [0.5, 0.6) is 0 Å². The van der Waals surface area contributed by atoms with Crippen LogP contribution in [0.4, 0.5) is 4.39 Å². The summed E-state index contributed by atoms with van der Waals surface area (Å²) in [6.45, 7) is 0.849. The van der Waals surface area contributed by atoms with Crippen molar-refractivity contribution in [1.29, 1.82) is 0 Å². The fourth-order valence-electron chi connectivity index (χ4n) is 2.62. The van der Waals surface area contributed by atoms with E-state index in [9.17, 15) is 9.18 Å². The molecule has 4 nitrogen and oxygen atoms in total. The molecule has 0 radical (unpaired) electrons. The Kier molecular flexibility index (Phi) is 3.21. The highest BCUT2D eigenvalue weighted by Gasteiger charge is 2.26. The summed E-state index contributed by atoms with van der Waals surface area (Å²) >= 11 is 0. The van der Waals surface area contributed by atoms with Gasteiger partial charge < -0.3 is 9.84 Å². The van der Waals surface area contributed by atoms with Gasteiger partial charge >= 0.3 is 0 Å². The lowest BCUT2D eigenvalue weighted by Crippen LogP contribution is -2.30. The zero-order valence-electron chi connectivity index (χ0n) is 10.4. The van der Waals surface area contributed by atoms with Crippen molar-refractivity contribution in [2.45, 2.75) is 24.8 Å². The summed E-state index contributed by atoms with van der Waals surface area (Å²) in [4.78, 5) is 11.1. The minimum Gasteiger partial charge on any atom is -0.383 e. The van der Waals surface area contributed by atoms with Crippen molar-refractivity contribution in [3.63, 3.8) is 0 Å². The van der Waals surface area contributed by atoms with E-state index in [2.05, 4.69) is 10.5 Å². The fraction of sp³-hybridized carbons (Fsp3) is 0.357. The van der Waals surface area contributed by atoms with E-state index in [-0.39, 0.29) is 23.3 Å². The first-order chi connectivity index (χ1) is 9.22. The summed E-state index contributed by atoms with van der Waals surface area (Å²) in [5.74, 6) is 0.696. The van der Waals surface area contributed by atoms with Crippen molar-refractivity contribution >= 4 is 0 Å². The Morgan fingerprint density at radius 2 is 2.05 bits per heavy atom. The average molecular weight is 262 g/mol. The van der Waals surface area contributed by atoms with Gasteiger partial charge in [0, 0.05) is 18.0 Å². The summed E-state index contributed by atoms with van der Waals surface area (Å²) < 4.78 is 18.1. The van der Waals surface area contributed by atoms with E-state index in [1.807, 2.05) is 0 Å². The van der Waals surface area contributed by atoms with Crippen molar-refractivity contribution in [1.82, 2.24) is 10.5 Å². The van der Waals surface area contributed by atoms with Gasteiger partial charge in [0.25, 0.3) is 5.56 Å². The number of aromatic nitrogens is 1. The largest absolute Gasteiger partial charge is 0.383 e. The first-order valence-electron chi connectivity index (χ1n) is 6.39. The summed E-state index contributed by atoms with van der Waals surface area (Å²) in [6, 6.07) is 8.21. The molecule has 1 aliphatic heterocycles. The Morgan fingerprint density at radius 1 is 1.26 bits per heavy atom. The fourth-order valence-corrected chi connectivity index (χ4v) is 2.62. The lowest BCUT2D eigenvalue weighted by Gasteiger charge is -2.29. The van der Waals surface area contributed by atoms with Crippen LogP contribution in [0, 0.1) is 5.82 Å². The monoisotopic (exact) mass is 262 g/mol. The molecule has 0 amide bonds. The molecule has 1 fully saturated rings.